The lowest BCUT2D eigenvalue weighted by Crippen LogP contribution is -2.40. The summed E-state index contributed by atoms with van der Waals surface area (Å²) in [5, 5.41) is 2.29. The number of carbonyl (C=O) groups excluding carboxylic acids is 2. The number of ether oxygens (including phenoxy) is 2. The minimum absolute atomic E-state index is 0.472. The third-order valence-corrected chi connectivity index (χ3v) is 7.83. The number of cyclic esters (lactones) is 1. The van der Waals surface area contributed by atoms with Crippen LogP contribution in [0.5, 0.6) is 5.75 Å². The van der Waals surface area contributed by atoms with Gasteiger partial charge in [-0.2, -0.15) is 0 Å². The van der Waals surface area contributed by atoms with Crippen molar-refractivity contribution in [2.45, 2.75) is 38.8 Å². The third-order valence-electron chi connectivity index (χ3n) is 5.72. The molecule has 2 amide bonds. The standard InChI is InChI=1S/C26H28N2O4Si/c1-26(24(29)28(25(30)32-26)27-21-11-6-5-7-12-21)20-14-16-22(17-15-20)31-18-19-10-8-9-13-23(19)33(2,3)4/h5-17,27H,18H2,1-4H3. The first-order chi connectivity index (χ1) is 15.7. The maximum Gasteiger partial charge on any atom is 0.437 e. The number of amides is 2. The van der Waals surface area contributed by atoms with Crippen LogP contribution in [-0.2, 0) is 21.7 Å². The van der Waals surface area contributed by atoms with Crippen LogP contribution in [-0.4, -0.2) is 25.1 Å². The molecule has 0 radical (unpaired) electrons. The highest BCUT2D eigenvalue weighted by molar-refractivity contribution is 6.89. The fourth-order valence-electron chi connectivity index (χ4n) is 3.89. The van der Waals surface area contributed by atoms with Gasteiger partial charge >= 0.3 is 6.09 Å². The van der Waals surface area contributed by atoms with Crippen molar-refractivity contribution in [2.24, 2.45) is 0 Å². The Balaban J connectivity index is 1.47. The van der Waals surface area contributed by atoms with Crippen molar-refractivity contribution in [3.8, 4) is 5.75 Å². The highest BCUT2D eigenvalue weighted by Gasteiger charge is 2.52. The van der Waals surface area contributed by atoms with E-state index in [2.05, 4.69) is 43.3 Å². The molecule has 0 saturated carbocycles. The second kappa shape index (κ2) is 8.75. The molecule has 1 atom stereocenters. The number of carbonyl (C=O) groups is 2. The third kappa shape index (κ3) is 4.63. The van der Waals surface area contributed by atoms with Crippen molar-refractivity contribution in [3.05, 3.63) is 90.0 Å². The molecule has 3 aromatic rings. The molecule has 1 saturated heterocycles. The van der Waals surface area contributed by atoms with Gasteiger partial charge in [-0.05, 0) is 36.8 Å². The SMILES string of the molecule is CC1(c2ccc(OCc3ccccc3[Si](C)(C)C)cc2)OC(=O)N(Nc2ccccc2)C1=O. The summed E-state index contributed by atoms with van der Waals surface area (Å²) in [6.07, 6.45) is -0.741. The summed E-state index contributed by atoms with van der Waals surface area (Å²) in [7, 11) is -1.48. The second-order valence-electron chi connectivity index (χ2n) is 9.24. The van der Waals surface area contributed by atoms with Crippen molar-refractivity contribution in [1.29, 1.82) is 0 Å². The molecule has 170 valence electrons. The molecule has 7 heteroatoms. The molecule has 0 spiro atoms. The molecule has 0 aromatic heterocycles. The lowest BCUT2D eigenvalue weighted by atomic mass is 9.95. The van der Waals surface area contributed by atoms with Crippen LogP contribution < -0.4 is 15.3 Å². The molecule has 33 heavy (non-hydrogen) atoms. The van der Waals surface area contributed by atoms with Crippen LogP contribution in [0.3, 0.4) is 0 Å². The Hall–Kier alpha value is -3.58. The smallest absolute Gasteiger partial charge is 0.437 e. The van der Waals surface area contributed by atoms with E-state index in [1.165, 1.54) is 10.8 Å². The minimum atomic E-state index is -1.48. The Morgan fingerprint density at radius 2 is 1.55 bits per heavy atom. The quantitative estimate of drug-likeness (QED) is 0.501. The van der Waals surface area contributed by atoms with E-state index in [0.717, 1.165) is 5.01 Å². The van der Waals surface area contributed by atoms with Gasteiger partial charge in [0.1, 0.15) is 12.4 Å². The molecule has 0 aliphatic carbocycles. The summed E-state index contributed by atoms with van der Waals surface area (Å²) in [4.78, 5) is 25.5. The van der Waals surface area contributed by atoms with E-state index in [9.17, 15) is 9.59 Å². The van der Waals surface area contributed by atoms with Gasteiger partial charge in [-0.1, -0.05) is 79.4 Å². The molecule has 0 bridgehead atoms. The van der Waals surface area contributed by atoms with Gasteiger partial charge in [0, 0.05) is 5.56 Å². The zero-order valence-corrected chi connectivity index (χ0v) is 20.3. The van der Waals surface area contributed by atoms with E-state index < -0.39 is 25.7 Å². The zero-order chi connectivity index (χ0) is 23.6. The van der Waals surface area contributed by atoms with Crippen molar-refractivity contribution in [1.82, 2.24) is 5.01 Å². The maximum atomic E-state index is 13.1. The van der Waals surface area contributed by atoms with Crippen LogP contribution in [0.25, 0.3) is 0 Å². The molecular weight excluding hydrogens is 432 g/mol. The number of para-hydroxylation sites is 1. The van der Waals surface area contributed by atoms with Gasteiger partial charge in [0.2, 0.25) is 5.60 Å². The van der Waals surface area contributed by atoms with Crippen LogP contribution in [0, 0.1) is 0 Å². The molecule has 1 aliphatic heterocycles. The summed E-state index contributed by atoms with van der Waals surface area (Å²) >= 11 is 0. The number of nitrogens with one attached hydrogen (secondary N) is 1. The first-order valence-electron chi connectivity index (χ1n) is 10.9. The topological polar surface area (TPSA) is 67.9 Å². The van der Waals surface area contributed by atoms with E-state index in [1.54, 1.807) is 43.3 Å². The maximum absolute atomic E-state index is 13.1. The normalized spacial score (nSPS) is 18.2. The monoisotopic (exact) mass is 460 g/mol. The van der Waals surface area contributed by atoms with Gasteiger partial charge in [-0.15, -0.1) is 5.01 Å². The summed E-state index contributed by atoms with van der Waals surface area (Å²) in [5.41, 5.74) is 3.79. The predicted molar refractivity (Wildman–Crippen MR) is 131 cm³/mol. The minimum Gasteiger partial charge on any atom is -0.489 e. The highest BCUT2D eigenvalue weighted by Crippen LogP contribution is 2.35. The van der Waals surface area contributed by atoms with E-state index in [4.69, 9.17) is 9.47 Å². The summed E-state index contributed by atoms with van der Waals surface area (Å²) in [6.45, 7) is 9.02. The van der Waals surface area contributed by atoms with Gasteiger partial charge < -0.3 is 9.47 Å². The number of anilines is 1. The van der Waals surface area contributed by atoms with Crippen LogP contribution in [0.4, 0.5) is 10.5 Å². The first-order valence-corrected chi connectivity index (χ1v) is 14.4. The molecule has 3 aromatic carbocycles. The lowest BCUT2D eigenvalue weighted by Gasteiger charge is -2.22. The average Bonchev–Trinajstić information content (AvgIpc) is 3.02. The number of imide groups is 1. The molecule has 1 aliphatic rings. The summed E-state index contributed by atoms with van der Waals surface area (Å²) in [6, 6.07) is 24.5. The van der Waals surface area contributed by atoms with Crippen molar-refractivity contribution in [3.63, 3.8) is 0 Å². The molecule has 1 fully saturated rings. The predicted octanol–water partition coefficient (Wildman–Crippen LogP) is 5.03. The summed E-state index contributed by atoms with van der Waals surface area (Å²) in [5.74, 6) is 0.206. The molecule has 1 unspecified atom stereocenters. The Morgan fingerprint density at radius 1 is 0.909 bits per heavy atom. The molecule has 1 heterocycles. The van der Waals surface area contributed by atoms with Gasteiger partial charge in [0.25, 0.3) is 5.91 Å². The number of hydrogen-bond donors (Lipinski definition) is 1. The molecular formula is C26H28N2O4Si. The van der Waals surface area contributed by atoms with E-state index in [0.29, 0.717) is 23.6 Å². The van der Waals surface area contributed by atoms with Gasteiger partial charge in [-0.3, -0.25) is 10.2 Å². The lowest BCUT2D eigenvalue weighted by molar-refractivity contribution is -0.135. The fraction of sp³-hybridized carbons (Fsp3) is 0.231. The Bertz CT molecular complexity index is 1160. The summed E-state index contributed by atoms with van der Waals surface area (Å²) < 4.78 is 11.5. The second-order valence-corrected chi connectivity index (χ2v) is 14.3. The van der Waals surface area contributed by atoms with Crippen LogP contribution in [0.15, 0.2) is 78.9 Å². The van der Waals surface area contributed by atoms with Gasteiger partial charge in [0.05, 0.1) is 13.8 Å². The largest absolute Gasteiger partial charge is 0.489 e. The Morgan fingerprint density at radius 3 is 2.21 bits per heavy atom. The van der Waals surface area contributed by atoms with Crippen molar-refractivity contribution >= 4 is 30.9 Å². The number of benzene rings is 3. The van der Waals surface area contributed by atoms with Crippen molar-refractivity contribution in [2.75, 3.05) is 5.43 Å². The highest BCUT2D eigenvalue weighted by atomic mass is 28.3. The molecule has 6 nitrogen and oxygen atoms in total. The van der Waals surface area contributed by atoms with Gasteiger partial charge in [-0.25, -0.2) is 4.79 Å². The van der Waals surface area contributed by atoms with E-state index >= 15 is 0 Å². The van der Waals surface area contributed by atoms with E-state index in [1.807, 2.05) is 24.3 Å². The first kappa shape index (κ1) is 22.6. The van der Waals surface area contributed by atoms with Crippen molar-refractivity contribution < 1.29 is 19.1 Å². The molecule has 1 N–H and O–H groups in total. The number of hydrazine groups is 1. The van der Waals surface area contributed by atoms with E-state index in [-0.39, 0.29) is 0 Å². The van der Waals surface area contributed by atoms with Crippen LogP contribution in [0.2, 0.25) is 19.6 Å². The Kier molecular flexibility index (Phi) is 5.99. The Labute approximate surface area is 195 Å². The van der Waals surface area contributed by atoms with Gasteiger partial charge in [0.15, 0.2) is 0 Å². The van der Waals surface area contributed by atoms with Crippen LogP contribution >= 0.6 is 0 Å². The number of hydrogen-bond acceptors (Lipinski definition) is 5. The average molecular weight is 461 g/mol. The number of rotatable bonds is 7. The fourth-order valence-corrected chi connectivity index (χ4v) is 5.60. The van der Waals surface area contributed by atoms with Crippen LogP contribution in [0.1, 0.15) is 18.1 Å². The number of nitrogens with zero attached hydrogens (tertiary/aromatic N) is 1. The zero-order valence-electron chi connectivity index (χ0n) is 19.3. The molecule has 4 rings (SSSR count).